The maximum Gasteiger partial charge on any atom is 0.415 e. The van der Waals surface area contributed by atoms with Crippen LogP contribution < -0.4 is 10.1 Å². The number of aryl methyl sites for hydroxylation is 1. The average molecular weight is 481 g/mol. The van der Waals surface area contributed by atoms with Gasteiger partial charge >= 0.3 is 6.09 Å². The summed E-state index contributed by atoms with van der Waals surface area (Å²) in [6, 6.07) is 12.8. The number of ether oxygens (including phenoxy) is 1. The molecule has 3 rings (SSSR count). The molecule has 1 aliphatic heterocycles. The van der Waals surface area contributed by atoms with Crippen LogP contribution in [0.2, 0.25) is 0 Å². The lowest BCUT2D eigenvalue weighted by Gasteiger charge is -2.34. The van der Waals surface area contributed by atoms with Gasteiger partial charge in [0.25, 0.3) is 5.91 Å². The van der Waals surface area contributed by atoms with E-state index in [1.807, 2.05) is 32.9 Å². The standard InChI is InChI=1S/C28H40N4O3/c1-21-8-7-9-23(29-21)14-15-31-16-18-32(19-17-31)26(34)35-24-12-10-22(11-13-24)25(33)30-28(5,6)20-27(2,3)4/h7-13H,14-20H2,1-6H3,(H,30,33). The van der Waals surface area contributed by atoms with E-state index in [-0.39, 0.29) is 23.0 Å². The summed E-state index contributed by atoms with van der Waals surface area (Å²) in [7, 11) is 0. The zero-order valence-corrected chi connectivity index (χ0v) is 22.1. The highest BCUT2D eigenvalue weighted by Crippen LogP contribution is 2.27. The molecule has 0 aliphatic carbocycles. The number of nitrogens with one attached hydrogen (secondary N) is 1. The first-order valence-electron chi connectivity index (χ1n) is 12.4. The number of benzene rings is 1. The Morgan fingerprint density at radius 3 is 2.23 bits per heavy atom. The second-order valence-electron chi connectivity index (χ2n) is 11.3. The van der Waals surface area contributed by atoms with Crippen molar-refractivity contribution in [1.82, 2.24) is 20.1 Å². The molecule has 1 aromatic carbocycles. The van der Waals surface area contributed by atoms with Gasteiger partial charge in [0.2, 0.25) is 0 Å². The summed E-state index contributed by atoms with van der Waals surface area (Å²) in [5.41, 5.74) is 2.47. The Labute approximate surface area is 209 Å². The molecule has 7 heteroatoms. The zero-order chi connectivity index (χ0) is 25.6. The van der Waals surface area contributed by atoms with Crippen molar-refractivity contribution in [2.75, 3.05) is 32.7 Å². The molecule has 0 atom stereocenters. The minimum Gasteiger partial charge on any atom is -0.410 e. The molecular formula is C28H40N4O3. The molecule has 1 saturated heterocycles. The van der Waals surface area contributed by atoms with E-state index in [2.05, 4.69) is 42.0 Å². The molecule has 0 unspecified atom stereocenters. The highest BCUT2D eigenvalue weighted by atomic mass is 16.6. The van der Waals surface area contributed by atoms with Crippen LogP contribution in [0.4, 0.5) is 4.79 Å². The van der Waals surface area contributed by atoms with Gasteiger partial charge in [-0.3, -0.25) is 14.7 Å². The second kappa shape index (κ2) is 11.2. The van der Waals surface area contributed by atoms with Crippen LogP contribution in [0.1, 0.15) is 62.8 Å². The van der Waals surface area contributed by atoms with Crippen molar-refractivity contribution in [2.24, 2.45) is 5.41 Å². The molecule has 0 spiro atoms. The van der Waals surface area contributed by atoms with Gasteiger partial charge in [0.1, 0.15) is 5.75 Å². The number of pyridine rings is 1. The lowest BCUT2D eigenvalue weighted by atomic mass is 9.81. The minimum atomic E-state index is -0.353. The smallest absolute Gasteiger partial charge is 0.410 e. The van der Waals surface area contributed by atoms with Crippen molar-refractivity contribution in [1.29, 1.82) is 0 Å². The Morgan fingerprint density at radius 1 is 0.971 bits per heavy atom. The minimum absolute atomic E-state index is 0.110. The number of piperazine rings is 1. The summed E-state index contributed by atoms with van der Waals surface area (Å²) in [5, 5.41) is 3.11. The molecule has 0 bridgehead atoms. The van der Waals surface area contributed by atoms with Crippen molar-refractivity contribution < 1.29 is 14.3 Å². The maximum atomic E-state index is 12.7. The van der Waals surface area contributed by atoms with Crippen LogP contribution in [0.3, 0.4) is 0 Å². The van der Waals surface area contributed by atoms with Crippen molar-refractivity contribution >= 4 is 12.0 Å². The van der Waals surface area contributed by atoms with Gasteiger partial charge in [-0.25, -0.2) is 4.79 Å². The molecule has 2 heterocycles. The number of hydrogen-bond acceptors (Lipinski definition) is 5. The van der Waals surface area contributed by atoms with Crippen molar-refractivity contribution in [3.05, 3.63) is 59.4 Å². The molecule has 1 aliphatic rings. The van der Waals surface area contributed by atoms with Gasteiger partial charge in [0, 0.05) is 61.6 Å². The Bertz CT molecular complexity index is 1000. The molecule has 1 N–H and O–H groups in total. The molecule has 1 fully saturated rings. The first-order valence-corrected chi connectivity index (χ1v) is 12.4. The molecule has 190 valence electrons. The summed E-state index contributed by atoms with van der Waals surface area (Å²) in [4.78, 5) is 34.0. The van der Waals surface area contributed by atoms with Crippen LogP contribution in [0.15, 0.2) is 42.5 Å². The summed E-state index contributed by atoms with van der Waals surface area (Å²) in [6.07, 6.45) is 1.41. The van der Waals surface area contributed by atoms with Gasteiger partial charge < -0.3 is 15.0 Å². The van der Waals surface area contributed by atoms with E-state index in [4.69, 9.17) is 4.74 Å². The van der Waals surface area contributed by atoms with Crippen molar-refractivity contribution in [2.45, 2.75) is 59.9 Å². The zero-order valence-electron chi connectivity index (χ0n) is 22.1. The van der Waals surface area contributed by atoms with Crippen molar-refractivity contribution in [3.8, 4) is 5.75 Å². The normalized spacial score (nSPS) is 15.1. The number of amides is 2. The molecule has 2 amide bonds. The van der Waals surface area contributed by atoms with E-state index in [0.29, 0.717) is 24.4 Å². The van der Waals surface area contributed by atoms with E-state index >= 15 is 0 Å². The molecule has 2 aromatic rings. The van der Waals surface area contributed by atoms with Gasteiger partial charge in [-0.15, -0.1) is 0 Å². The molecule has 35 heavy (non-hydrogen) atoms. The summed E-state index contributed by atoms with van der Waals surface area (Å²) in [5.74, 6) is 0.308. The molecule has 0 saturated carbocycles. The lowest BCUT2D eigenvalue weighted by molar-refractivity contribution is 0.0891. The van der Waals surface area contributed by atoms with Gasteiger partial charge in [-0.1, -0.05) is 26.8 Å². The van der Waals surface area contributed by atoms with Crippen LogP contribution in [-0.4, -0.2) is 65.0 Å². The van der Waals surface area contributed by atoms with Crippen LogP contribution in [0.25, 0.3) is 0 Å². The predicted octanol–water partition coefficient (Wildman–Crippen LogP) is 4.69. The number of rotatable bonds is 7. The fraction of sp³-hybridized carbons (Fsp3) is 0.536. The third-order valence-corrected chi connectivity index (χ3v) is 6.01. The maximum absolute atomic E-state index is 12.7. The van der Waals surface area contributed by atoms with Gasteiger partial charge in [0.15, 0.2) is 0 Å². The highest BCUT2D eigenvalue weighted by molar-refractivity contribution is 5.94. The van der Waals surface area contributed by atoms with Crippen LogP contribution >= 0.6 is 0 Å². The Morgan fingerprint density at radius 2 is 1.63 bits per heavy atom. The summed E-state index contributed by atoms with van der Waals surface area (Å²) in [6.45, 7) is 16.4. The van der Waals surface area contributed by atoms with Crippen LogP contribution in [0.5, 0.6) is 5.75 Å². The largest absolute Gasteiger partial charge is 0.415 e. The SMILES string of the molecule is Cc1cccc(CCN2CCN(C(=O)Oc3ccc(C(=O)NC(C)(C)CC(C)(C)C)cc3)CC2)n1. The molecule has 0 radical (unpaired) electrons. The monoisotopic (exact) mass is 480 g/mol. The van der Waals surface area contributed by atoms with Gasteiger partial charge in [-0.2, -0.15) is 0 Å². The van der Waals surface area contributed by atoms with Crippen LogP contribution in [0, 0.1) is 12.3 Å². The number of carbonyl (C=O) groups is 2. The van der Waals surface area contributed by atoms with Crippen molar-refractivity contribution in [3.63, 3.8) is 0 Å². The Kier molecular flexibility index (Phi) is 8.54. The Balaban J connectivity index is 1.44. The first kappa shape index (κ1) is 26.7. The topological polar surface area (TPSA) is 74.8 Å². The highest BCUT2D eigenvalue weighted by Gasteiger charge is 2.27. The van der Waals surface area contributed by atoms with E-state index in [1.54, 1.807) is 29.2 Å². The summed E-state index contributed by atoms with van der Waals surface area (Å²) >= 11 is 0. The summed E-state index contributed by atoms with van der Waals surface area (Å²) < 4.78 is 5.56. The first-order chi connectivity index (χ1) is 16.4. The second-order valence-corrected chi connectivity index (χ2v) is 11.3. The number of aromatic nitrogens is 1. The predicted molar refractivity (Wildman–Crippen MR) is 139 cm³/mol. The average Bonchev–Trinajstić information content (AvgIpc) is 2.76. The third-order valence-electron chi connectivity index (χ3n) is 6.01. The van der Waals surface area contributed by atoms with E-state index in [1.165, 1.54) is 0 Å². The number of carbonyl (C=O) groups excluding carboxylic acids is 2. The molecule has 7 nitrogen and oxygen atoms in total. The Hall–Kier alpha value is -2.93. The third kappa shape index (κ3) is 8.66. The van der Waals surface area contributed by atoms with E-state index in [9.17, 15) is 9.59 Å². The van der Waals surface area contributed by atoms with Crippen LogP contribution in [-0.2, 0) is 6.42 Å². The van der Waals surface area contributed by atoms with E-state index in [0.717, 1.165) is 43.9 Å². The molecule has 1 aromatic heterocycles. The van der Waals surface area contributed by atoms with Gasteiger partial charge in [-0.05, 0) is 69.0 Å². The quantitative estimate of drug-likeness (QED) is 0.622. The van der Waals surface area contributed by atoms with E-state index < -0.39 is 0 Å². The lowest BCUT2D eigenvalue weighted by Crippen LogP contribution is -2.49. The number of nitrogens with zero attached hydrogens (tertiary/aromatic N) is 3. The fourth-order valence-corrected chi connectivity index (χ4v) is 4.75. The molecular weight excluding hydrogens is 440 g/mol. The fourth-order valence-electron chi connectivity index (χ4n) is 4.75. The number of hydrogen-bond donors (Lipinski definition) is 1. The van der Waals surface area contributed by atoms with Gasteiger partial charge in [0.05, 0.1) is 0 Å².